The minimum absolute atomic E-state index is 0.0769. The quantitative estimate of drug-likeness (QED) is 0.302. The Morgan fingerprint density at radius 1 is 1.06 bits per heavy atom. The minimum atomic E-state index is -0.535. The maximum atomic E-state index is 12.5. The monoisotopic (exact) mass is 457 g/mol. The summed E-state index contributed by atoms with van der Waals surface area (Å²) >= 11 is 0. The first kappa shape index (κ1) is 22.7. The summed E-state index contributed by atoms with van der Waals surface area (Å²) in [5.74, 6) is 0.201. The van der Waals surface area contributed by atoms with E-state index in [1.807, 2.05) is 45.0 Å². The number of carbonyl (C=O) groups is 1. The molecule has 4 aromatic rings. The summed E-state index contributed by atoms with van der Waals surface area (Å²) in [6.07, 6.45) is -0.0769. The van der Waals surface area contributed by atoms with E-state index in [1.54, 1.807) is 28.9 Å². The fourth-order valence-corrected chi connectivity index (χ4v) is 3.38. The van der Waals surface area contributed by atoms with Crippen LogP contribution < -0.4 is 10.1 Å². The number of ether oxygens (including phenoxy) is 1. The second kappa shape index (κ2) is 9.53. The van der Waals surface area contributed by atoms with Gasteiger partial charge in [0.25, 0.3) is 11.6 Å². The summed E-state index contributed by atoms with van der Waals surface area (Å²) in [6, 6.07) is 20.8. The lowest BCUT2D eigenvalue weighted by Gasteiger charge is -2.09. The molecule has 3 aromatic carbocycles. The van der Waals surface area contributed by atoms with E-state index in [9.17, 15) is 14.9 Å². The number of hydrogen-bond donors (Lipinski definition) is 1. The van der Waals surface area contributed by atoms with Crippen LogP contribution in [0.25, 0.3) is 17.1 Å². The van der Waals surface area contributed by atoms with Gasteiger partial charge in [0.05, 0.1) is 16.7 Å². The Kier molecular flexibility index (Phi) is 6.35. The van der Waals surface area contributed by atoms with Crippen molar-refractivity contribution in [2.24, 2.45) is 0 Å². The van der Waals surface area contributed by atoms with Crippen molar-refractivity contribution in [2.45, 2.75) is 26.9 Å². The fraction of sp³-hybridized carbons (Fsp3) is 0.160. The van der Waals surface area contributed by atoms with Crippen molar-refractivity contribution in [1.29, 1.82) is 0 Å². The molecule has 0 spiro atoms. The van der Waals surface area contributed by atoms with Gasteiger partial charge in [-0.2, -0.15) is 4.98 Å². The van der Waals surface area contributed by atoms with Gasteiger partial charge >= 0.3 is 6.01 Å². The Labute approximate surface area is 196 Å². The molecule has 9 nitrogen and oxygen atoms in total. The van der Waals surface area contributed by atoms with Crippen LogP contribution in [0.4, 0.5) is 11.4 Å². The second-order valence-corrected chi connectivity index (χ2v) is 7.92. The van der Waals surface area contributed by atoms with Crippen LogP contribution in [0.5, 0.6) is 6.01 Å². The minimum Gasteiger partial charge on any atom is -0.460 e. The summed E-state index contributed by atoms with van der Waals surface area (Å²) in [7, 11) is 0. The number of non-ortho nitro benzene ring substituents is 1. The number of nitrogens with one attached hydrogen (secondary N) is 1. The fourth-order valence-electron chi connectivity index (χ4n) is 3.38. The number of hydrogen-bond acceptors (Lipinski definition) is 6. The number of nitro benzene ring substituents is 1. The van der Waals surface area contributed by atoms with Crippen molar-refractivity contribution in [3.8, 4) is 23.1 Å². The van der Waals surface area contributed by atoms with E-state index in [4.69, 9.17) is 4.74 Å². The number of nitro groups is 1. The molecule has 0 saturated heterocycles. The largest absolute Gasteiger partial charge is 0.460 e. The van der Waals surface area contributed by atoms with Crippen LogP contribution >= 0.6 is 0 Å². The SMILES string of the molecule is Cc1ccccc1-c1nc(OC(C)C)nn1-c1ccc(NC(=O)c2cccc([N+](=O)[O-])c2)cc1. The molecule has 0 saturated carbocycles. The Morgan fingerprint density at radius 3 is 2.47 bits per heavy atom. The maximum Gasteiger partial charge on any atom is 0.336 e. The normalized spacial score (nSPS) is 10.8. The van der Waals surface area contributed by atoms with Crippen LogP contribution in [0.3, 0.4) is 0 Å². The van der Waals surface area contributed by atoms with Crippen molar-refractivity contribution >= 4 is 17.3 Å². The lowest BCUT2D eigenvalue weighted by molar-refractivity contribution is -0.384. The maximum absolute atomic E-state index is 12.5. The molecule has 1 heterocycles. The predicted molar refractivity (Wildman–Crippen MR) is 128 cm³/mol. The van der Waals surface area contributed by atoms with Crippen molar-refractivity contribution in [2.75, 3.05) is 5.32 Å². The number of benzene rings is 3. The molecule has 1 N–H and O–H groups in total. The number of carbonyl (C=O) groups excluding carboxylic acids is 1. The number of nitrogens with zero attached hydrogens (tertiary/aromatic N) is 4. The Balaban J connectivity index is 1.62. The second-order valence-electron chi connectivity index (χ2n) is 7.92. The highest BCUT2D eigenvalue weighted by Crippen LogP contribution is 2.27. The number of rotatable bonds is 7. The van der Waals surface area contributed by atoms with Crippen LogP contribution in [0.2, 0.25) is 0 Å². The van der Waals surface area contributed by atoms with E-state index in [1.165, 1.54) is 24.3 Å². The smallest absolute Gasteiger partial charge is 0.336 e. The molecule has 1 aromatic heterocycles. The van der Waals surface area contributed by atoms with Gasteiger partial charge in [-0.3, -0.25) is 14.9 Å². The van der Waals surface area contributed by atoms with Crippen LogP contribution in [-0.4, -0.2) is 31.7 Å². The van der Waals surface area contributed by atoms with Gasteiger partial charge < -0.3 is 10.1 Å². The molecular weight excluding hydrogens is 434 g/mol. The van der Waals surface area contributed by atoms with Gasteiger partial charge in [-0.1, -0.05) is 30.3 Å². The van der Waals surface area contributed by atoms with Gasteiger partial charge in [0, 0.05) is 28.9 Å². The molecule has 1 amide bonds. The summed E-state index contributed by atoms with van der Waals surface area (Å²) in [5.41, 5.74) is 3.31. The highest BCUT2D eigenvalue weighted by molar-refractivity contribution is 6.04. The Morgan fingerprint density at radius 2 is 1.79 bits per heavy atom. The van der Waals surface area contributed by atoms with Gasteiger partial charge in [-0.25, -0.2) is 4.68 Å². The molecule has 9 heteroatoms. The number of aromatic nitrogens is 3. The van der Waals surface area contributed by atoms with Gasteiger partial charge in [0.2, 0.25) is 0 Å². The van der Waals surface area contributed by atoms with E-state index in [0.717, 1.165) is 16.8 Å². The molecule has 4 rings (SSSR count). The Bertz CT molecular complexity index is 1350. The van der Waals surface area contributed by atoms with Crippen molar-refractivity contribution in [1.82, 2.24) is 14.8 Å². The number of amides is 1. The number of anilines is 1. The average Bonchev–Trinajstić information content (AvgIpc) is 3.22. The molecule has 0 aliphatic carbocycles. The van der Waals surface area contributed by atoms with Crippen LogP contribution in [0.15, 0.2) is 72.8 Å². The zero-order valence-electron chi connectivity index (χ0n) is 18.9. The van der Waals surface area contributed by atoms with E-state index in [2.05, 4.69) is 15.4 Å². The molecule has 0 fully saturated rings. The van der Waals surface area contributed by atoms with Crippen LogP contribution in [-0.2, 0) is 0 Å². The van der Waals surface area contributed by atoms with Crippen molar-refractivity contribution < 1.29 is 14.5 Å². The van der Waals surface area contributed by atoms with Crippen molar-refractivity contribution in [3.05, 3.63) is 94.0 Å². The molecule has 0 aliphatic heterocycles. The first-order valence-corrected chi connectivity index (χ1v) is 10.7. The zero-order chi connectivity index (χ0) is 24.2. The van der Waals surface area contributed by atoms with E-state index < -0.39 is 10.8 Å². The molecule has 34 heavy (non-hydrogen) atoms. The molecular formula is C25H23N5O4. The van der Waals surface area contributed by atoms with Crippen molar-refractivity contribution in [3.63, 3.8) is 0 Å². The van der Waals surface area contributed by atoms with Gasteiger partial charge in [0.1, 0.15) is 0 Å². The molecule has 0 aliphatic rings. The zero-order valence-corrected chi connectivity index (χ0v) is 18.9. The third-order valence-electron chi connectivity index (χ3n) is 5.00. The molecule has 0 bridgehead atoms. The third-order valence-corrected chi connectivity index (χ3v) is 5.00. The molecule has 172 valence electrons. The van der Waals surface area contributed by atoms with Crippen LogP contribution in [0.1, 0.15) is 29.8 Å². The van der Waals surface area contributed by atoms with Gasteiger partial charge in [0.15, 0.2) is 5.82 Å². The lowest BCUT2D eigenvalue weighted by Crippen LogP contribution is -2.12. The highest BCUT2D eigenvalue weighted by Gasteiger charge is 2.17. The average molecular weight is 457 g/mol. The summed E-state index contributed by atoms with van der Waals surface area (Å²) in [5, 5.41) is 18.3. The topological polar surface area (TPSA) is 112 Å². The number of aryl methyl sites for hydroxylation is 1. The molecule has 0 unspecified atom stereocenters. The van der Waals surface area contributed by atoms with Gasteiger partial charge in [-0.15, -0.1) is 5.10 Å². The third kappa shape index (κ3) is 4.93. The van der Waals surface area contributed by atoms with Gasteiger partial charge in [-0.05, 0) is 56.7 Å². The first-order valence-electron chi connectivity index (χ1n) is 10.7. The highest BCUT2D eigenvalue weighted by atomic mass is 16.6. The standard InChI is InChI=1S/C25H23N5O4/c1-16(2)34-25-27-23(22-10-5-4-7-17(22)3)29(28-25)20-13-11-19(12-14-20)26-24(31)18-8-6-9-21(15-18)30(32)33/h4-16H,1-3H3,(H,26,31). The van der Waals surface area contributed by atoms with E-state index >= 15 is 0 Å². The Hall–Kier alpha value is -4.53. The summed E-state index contributed by atoms with van der Waals surface area (Å²) in [6.45, 7) is 5.82. The summed E-state index contributed by atoms with van der Waals surface area (Å²) in [4.78, 5) is 27.6. The lowest BCUT2D eigenvalue weighted by atomic mass is 10.1. The molecule has 0 atom stereocenters. The van der Waals surface area contributed by atoms with E-state index in [0.29, 0.717) is 11.5 Å². The molecule has 0 radical (unpaired) electrons. The first-order chi connectivity index (χ1) is 16.3. The predicted octanol–water partition coefficient (Wildman–Crippen LogP) is 5.19. The van der Waals surface area contributed by atoms with Crippen LogP contribution in [0, 0.1) is 17.0 Å². The summed E-state index contributed by atoms with van der Waals surface area (Å²) < 4.78 is 7.42. The van der Waals surface area contributed by atoms with E-state index in [-0.39, 0.29) is 23.4 Å².